The number of hydrogen-bond acceptors (Lipinski definition) is 5. The number of nitrogens with zero attached hydrogens (tertiary/aromatic N) is 2. The Bertz CT molecular complexity index is 654. The molecule has 23 heavy (non-hydrogen) atoms. The Morgan fingerprint density at radius 2 is 2.00 bits per heavy atom. The molecule has 0 fully saturated rings. The zero-order chi connectivity index (χ0) is 16.7. The predicted molar refractivity (Wildman–Crippen MR) is 93.7 cm³/mol. The molecule has 1 aromatic heterocycles. The predicted octanol–water partition coefficient (Wildman–Crippen LogP) is 2.70. The van der Waals surface area contributed by atoms with Crippen molar-refractivity contribution in [1.82, 2.24) is 9.88 Å². The van der Waals surface area contributed by atoms with Crippen LogP contribution in [0.15, 0.2) is 30.3 Å². The number of aromatic nitrogens is 1. The van der Waals surface area contributed by atoms with E-state index in [1.807, 2.05) is 30.3 Å². The SMILES string of the molecule is CCN(CC)CCNc1cc(CC(=O)OC)nc2ccccc12. The number of rotatable bonds is 8. The molecular formula is C18H25N3O2. The number of fused-ring (bicyclic) bond motifs is 1. The van der Waals surface area contributed by atoms with E-state index in [0.29, 0.717) is 0 Å². The molecule has 0 saturated carbocycles. The number of hydrogen-bond donors (Lipinski definition) is 1. The monoisotopic (exact) mass is 315 g/mol. The van der Waals surface area contributed by atoms with E-state index in [4.69, 9.17) is 4.74 Å². The summed E-state index contributed by atoms with van der Waals surface area (Å²) >= 11 is 0. The standard InChI is InChI=1S/C18H25N3O2/c1-4-21(5-2)11-10-19-17-12-14(13-18(22)23-3)20-16-9-7-6-8-15(16)17/h6-9,12H,4-5,10-11,13H2,1-3H3,(H,19,20). The van der Waals surface area contributed by atoms with Crippen LogP contribution in [0.5, 0.6) is 0 Å². The van der Waals surface area contributed by atoms with E-state index in [1.54, 1.807) is 0 Å². The van der Waals surface area contributed by atoms with Crippen molar-refractivity contribution in [1.29, 1.82) is 0 Å². The molecule has 0 aliphatic carbocycles. The Balaban J connectivity index is 2.20. The summed E-state index contributed by atoms with van der Waals surface area (Å²) in [5, 5.41) is 4.55. The maximum Gasteiger partial charge on any atom is 0.311 e. The molecule has 1 aromatic carbocycles. The molecule has 2 aromatic rings. The van der Waals surface area contributed by atoms with Gasteiger partial charge in [-0.05, 0) is 25.2 Å². The lowest BCUT2D eigenvalue weighted by atomic mass is 10.1. The first-order valence-electron chi connectivity index (χ1n) is 8.09. The third-order valence-corrected chi connectivity index (χ3v) is 3.96. The molecule has 124 valence electrons. The molecule has 0 saturated heterocycles. The first-order valence-corrected chi connectivity index (χ1v) is 8.09. The Morgan fingerprint density at radius 1 is 1.26 bits per heavy atom. The van der Waals surface area contributed by atoms with E-state index >= 15 is 0 Å². The van der Waals surface area contributed by atoms with Crippen LogP contribution in [-0.2, 0) is 16.0 Å². The van der Waals surface area contributed by atoms with Gasteiger partial charge in [0.1, 0.15) is 0 Å². The molecule has 1 N–H and O–H groups in total. The number of esters is 1. The first-order chi connectivity index (χ1) is 11.2. The van der Waals surface area contributed by atoms with Crippen molar-refractivity contribution >= 4 is 22.6 Å². The van der Waals surface area contributed by atoms with Crippen molar-refractivity contribution in [3.8, 4) is 0 Å². The second kappa shape index (κ2) is 8.48. The van der Waals surface area contributed by atoms with E-state index in [2.05, 4.69) is 29.0 Å². The minimum absolute atomic E-state index is 0.187. The lowest BCUT2D eigenvalue weighted by Gasteiger charge is -2.19. The Labute approximate surface area is 137 Å². The zero-order valence-corrected chi connectivity index (χ0v) is 14.1. The smallest absolute Gasteiger partial charge is 0.311 e. The molecule has 0 radical (unpaired) electrons. The summed E-state index contributed by atoms with van der Waals surface area (Å²) in [4.78, 5) is 18.4. The maximum absolute atomic E-state index is 11.5. The minimum Gasteiger partial charge on any atom is -0.469 e. The molecule has 0 aliphatic heterocycles. The van der Waals surface area contributed by atoms with E-state index in [9.17, 15) is 4.79 Å². The molecular weight excluding hydrogens is 290 g/mol. The van der Waals surface area contributed by atoms with Crippen molar-refractivity contribution in [2.75, 3.05) is 38.6 Å². The molecule has 0 atom stereocenters. The fourth-order valence-electron chi connectivity index (χ4n) is 2.58. The van der Waals surface area contributed by atoms with Crippen LogP contribution in [0.25, 0.3) is 10.9 Å². The van der Waals surface area contributed by atoms with Crippen LogP contribution in [0.4, 0.5) is 5.69 Å². The van der Waals surface area contributed by atoms with Crippen LogP contribution in [-0.4, -0.2) is 49.1 Å². The fraction of sp³-hybridized carbons (Fsp3) is 0.444. The van der Waals surface area contributed by atoms with Crippen molar-refractivity contribution in [2.45, 2.75) is 20.3 Å². The van der Waals surface area contributed by atoms with Gasteiger partial charge in [0.05, 0.1) is 24.7 Å². The number of carbonyl (C=O) groups excluding carboxylic acids is 1. The number of ether oxygens (including phenoxy) is 1. The highest BCUT2D eigenvalue weighted by molar-refractivity contribution is 5.92. The van der Waals surface area contributed by atoms with E-state index in [0.717, 1.165) is 48.5 Å². The van der Waals surface area contributed by atoms with Crippen molar-refractivity contribution in [3.05, 3.63) is 36.0 Å². The number of carbonyl (C=O) groups is 1. The highest BCUT2D eigenvalue weighted by atomic mass is 16.5. The highest BCUT2D eigenvalue weighted by Crippen LogP contribution is 2.23. The van der Waals surface area contributed by atoms with Gasteiger partial charge >= 0.3 is 5.97 Å². The average Bonchev–Trinajstić information content (AvgIpc) is 2.58. The van der Waals surface area contributed by atoms with Gasteiger partial charge in [0.25, 0.3) is 0 Å². The molecule has 5 heteroatoms. The third-order valence-electron chi connectivity index (χ3n) is 3.96. The molecule has 2 rings (SSSR count). The van der Waals surface area contributed by atoms with Gasteiger partial charge in [0.2, 0.25) is 0 Å². The van der Waals surface area contributed by atoms with E-state index in [-0.39, 0.29) is 12.4 Å². The maximum atomic E-state index is 11.5. The summed E-state index contributed by atoms with van der Waals surface area (Å²) in [5.74, 6) is -0.276. The molecule has 5 nitrogen and oxygen atoms in total. The zero-order valence-electron chi connectivity index (χ0n) is 14.1. The van der Waals surface area contributed by atoms with Gasteiger partial charge in [-0.2, -0.15) is 0 Å². The highest BCUT2D eigenvalue weighted by Gasteiger charge is 2.09. The van der Waals surface area contributed by atoms with Gasteiger partial charge in [-0.15, -0.1) is 0 Å². The lowest BCUT2D eigenvalue weighted by Crippen LogP contribution is -2.28. The summed E-state index contributed by atoms with van der Waals surface area (Å²) in [7, 11) is 1.40. The molecule has 0 bridgehead atoms. The van der Waals surface area contributed by atoms with Crippen LogP contribution in [0.2, 0.25) is 0 Å². The fourth-order valence-corrected chi connectivity index (χ4v) is 2.58. The molecule has 0 aliphatic rings. The number of benzene rings is 1. The van der Waals surface area contributed by atoms with Crippen molar-refractivity contribution in [2.24, 2.45) is 0 Å². The first kappa shape index (κ1) is 17.2. The number of methoxy groups -OCH3 is 1. The Morgan fingerprint density at radius 3 is 2.70 bits per heavy atom. The normalized spacial score (nSPS) is 11.0. The lowest BCUT2D eigenvalue weighted by molar-refractivity contribution is -0.139. The summed E-state index contributed by atoms with van der Waals surface area (Å²) in [6, 6.07) is 9.91. The van der Waals surface area contributed by atoms with Gasteiger partial charge in [0, 0.05) is 24.2 Å². The van der Waals surface area contributed by atoms with Crippen molar-refractivity contribution in [3.63, 3.8) is 0 Å². The van der Waals surface area contributed by atoms with Gasteiger partial charge in [0.15, 0.2) is 0 Å². The molecule has 0 unspecified atom stereocenters. The van der Waals surface area contributed by atoms with Crippen LogP contribution < -0.4 is 5.32 Å². The van der Waals surface area contributed by atoms with Gasteiger partial charge in [-0.25, -0.2) is 0 Å². The summed E-state index contributed by atoms with van der Waals surface area (Å²) in [5.41, 5.74) is 2.63. The van der Waals surface area contributed by atoms with Crippen LogP contribution >= 0.6 is 0 Å². The van der Waals surface area contributed by atoms with E-state index < -0.39 is 0 Å². The number of likely N-dealkylation sites (N-methyl/N-ethyl adjacent to an activating group) is 1. The molecule has 0 amide bonds. The summed E-state index contributed by atoms with van der Waals surface area (Å²) < 4.78 is 4.74. The number of pyridine rings is 1. The molecule has 0 spiro atoms. The number of para-hydroxylation sites is 1. The second-order valence-corrected chi connectivity index (χ2v) is 5.38. The number of anilines is 1. The minimum atomic E-state index is -0.276. The topological polar surface area (TPSA) is 54.5 Å². The Hall–Kier alpha value is -2.14. The van der Waals surface area contributed by atoms with E-state index in [1.165, 1.54) is 7.11 Å². The van der Waals surface area contributed by atoms with Crippen LogP contribution in [0.3, 0.4) is 0 Å². The quantitative estimate of drug-likeness (QED) is 0.759. The van der Waals surface area contributed by atoms with Crippen LogP contribution in [0.1, 0.15) is 19.5 Å². The second-order valence-electron chi connectivity index (χ2n) is 5.38. The largest absolute Gasteiger partial charge is 0.469 e. The van der Waals surface area contributed by atoms with Crippen LogP contribution in [0, 0.1) is 0 Å². The Kier molecular flexibility index (Phi) is 6.35. The van der Waals surface area contributed by atoms with Crippen molar-refractivity contribution < 1.29 is 9.53 Å². The molecule has 1 heterocycles. The number of nitrogens with one attached hydrogen (secondary N) is 1. The summed E-state index contributed by atoms with van der Waals surface area (Å²) in [6.07, 6.45) is 0.187. The van der Waals surface area contributed by atoms with Gasteiger partial charge in [-0.3, -0.25) is 9.78 Å². The summed E-state index contributed by atoms with van der Waals surface area (Å²) in [6.45, 7) is 8.26. The third kappa shape index (κ3) is 4.66. The average molecular weight is 315 g/mol. The van der Waals surface area contributed by atoms with Gasteiger partial charge < -0.3 is 15.0 Å². The van der Waals surface area contributed by atoms with Gasteiger partial charge in [-0.1, -0.05) is 32.0 Å².